The maximum Gasteiger partial charge on any atom is 0.255 e. The van der Waals surface area contributed by atoms with Crippen LogP contribution >= 0.6 is 11.6 Å². The number of hydrogen-bond acceptors (Lipinski definition) is 3. The van der Waals surface area contributed by atoms with Crippen molar-refractivity contribution in [3.63, 3.8) is 0 Å². The minimum absolute atomic E-state index is 0.115. The van der Waals surface area contributed by atoms with Crippen molar-refractivity contribution in [3.8, 4) is 5.75 Å². The lowest BCUT2D eigenvalue weighted by Gasteiger charge is -2.43. The van der Waals surface area contributed by atoms with E-state index in [4.69, 9.17) is 16.3 Å². The normalized spacial score (nSPS) is 21.0. The van der Waals surface area contributed by atoms with Crippen molar-refractivity contribution < 1.29 is 18.7 Å². The summed E-state index contributed by atoms with van der Waals surface area (Å²) in [5.41, 5.74) is -0.0466. The highest BCUT2D eigenvalue weighted by molar-refractivity contribution is 6.33. The number of amides is 2. The zero-order chi connectivity index (χ0) is 23.3. The fraction of sp³-hybridized carbons (Fsp3) is 0.462. The molecule has 5 nitrogen and oxygen atoms in total. The first-order chi connectivity index (χ1) is 16.0. The smallest absolute Gasteiger partial charge is 0.255 e. The minimum Gasteiger partial charge on any atom is -0.493 e. The van der Waals surface area contributed by atoms with Gasteiger partial charge in [0, 0.05) is 38.0 Å². The van der Waals surface area contributed by atoms with E-state index in [-0.39, 0.29) is 24.2 Å². The number of rotatable bonds is 6. The molecular formula is C26H30ClFN2O3. The first-order valence-corrected chi connectivity index (χ1v) is 12.0. The molecular weight excluding hydrogens is 443 g/mol. The molecule has 2 amide bonds. The second-order valence-electron chi connectivity index (χ2n) is 9.17. The molecule has 0 saturated carbocycles. The van der Waals surface area contributed by atoms with E-state index >= 15 is 0 Å². The van der Waals surface area contributed by atoms with Crippen LogP contribution in [0.2, 0.25) is 5.02 Å². The van der Waals surface area contributed by atoms with Crippen molar-refractivity contribution in [2.45, 2.75) is 38.5 Å². The van der Waals surface area contributed by atoms with Gasteiger partial charge in [-0.3, -0.25) is 9.59 Å². The predicted octanol–water partition coefficient (Wildman–Crippen LogP) is 5.18. The fourth-order valence-corrected chi connectivity index (χ4v) is 5.06. The summed E-state index contributed by atoms with van der Waals surface area (Å²) in [4.78, 5) is 30.2. The number of carbonyl (C=O) groups is 2. The van der Waals surface area contributed by atoms with Crippen LogP contribution in [0.3, 0.4) is 0 Å². The number of nitrogens with zero attached hydrogens (tertiary/aromatic N) is 2. The second-order valence-corrected chi connectivity index (χ2v) is 9.58. The van der Waals surface area contributed by atoms with Crippen LogP contribution in [0.5, 0.6) is 5.75 Å². The molecule has 0 aromatic heterocycles. The predicted molar refractivity (Wildman–Crippen MR) is 126 cm³/mol. The standard InChI is InChI=1S/C26H30ClFN2O3/c27-23-8-3-2-7-22(23)25(32)30-16-6-13-26(18-30,17-24(31)29-14-4-1-5-15-29)19-33-21-11-9-20(28)10-12-21/h2-3,7-12H,1,4-6,13-19H2. The van der Waals surface area contributed by atoms with Gasteiger partial charge in [-0.1, -0.05) is 23.7 Å². The summed E-state index contributed by atoms with van der Waals surface area (Å²) in [5, 5.41) is 0.422. The van der Waals surface area contributed by atoms with E-state index < -0.39 is 5.41 Å². The summed E-state index contributed by atoms with van der Waals surface area (Å²) < 4.78 is 19.4. The molecule has 0 radical (unpaired) electrons. The van der Waals surface area contributed by atoms with Crippen molar-refractivity contribution in [3.05, 3.63) is 64.9 Å². The Kier molecular flexibility index (Phi) is 7.53. The van der Waals surface area contributed by atoms with E-state index in [0.29, 0.717) is 35.8 Å². The molecule has 2 saturated heterocycles. The Morgan fingerprint density at radius 3 is 2.36 bits per heavy atom. The van der Waals surface area contributed by atoms with E-state index in [1.807, 2.05) is 4.90 Å². The van der Waals surface area contributed by atoms with E-state index in [1.165, 1.54) is 12.1 Å². The Balaban J connectivity index is 1.54. The average Bonchev–Trinajstić information content (AvgIpc) is 2.84. The van der Waals surface area contributed by atoms with Crippen molar-refractivity contribution >= 4 is 23.4 Å². The zero-order valence-electron chi connectivity index (χ0n) is 18.8. The summed E-state index contributed by atoms with van der Waals surface area (Å²) in [6.45, 7) is 2.88. The van der Waals surface area contributed by atoms with Crippen molar-refractivity contribution in [2.75, 3.05) is 32.8 Å². The molecule has 1 atom stereocenters. The van der Waals surface area contributed by atoms with E-state index in [1.54, 1.807) is 41.3 Å². The molecule has 7 heteroatoms. The lowest BCUT2D eigenvalue weighted by Crippen LogP contribution is -2.51. The third kappa shape index (κ3) is 5.85. The lowest BCUT2D eigenvalue weighted by atomic mass is 9.77. The second kappa shape index (κ2) is 10.6. The number of likely N-dealkylation sites (tertiary alicyclic amines) is 2. The van der Waals surface area contributed by atoms with Crippen LogP contribution in [0.25, 0.3) is 0 Å². The van der Waals surface area contributed by atoms with Crippen molar-refractivity contribution in [2.24, 2.45) is 5.41 Å². The van der Waals surface area contributed by atoms with Gasteiger partial charge >= 0.3 is 0 Å². The Morgan fingerprint density at radius 1 is 0.939 bits per heavy atom. The Labute approximate surface area is 199 Å². The highest BCUT2D eigenvalue weighted by atomic mass is 35.5. The summed E-state index contributed by atoms with van der Waals surface area (Å²) >= 11 is 6.29. The summed E-state index contributed by atoms with van der Waals surface area (Å²) in [6.07, 6.45) is 5.09. The third-order valence-corrected chi connectivity index (χ3v) is 6.98. The molecule has 1 unspecified atom stereocenters. The number of carbonyl (C=O) groups excluding carboxylic acids is 2. The molecule has 2 aromatic rings. The van der Waals surface area contributed by atoms with Crippen LogP contribution in [0, 0.1) is 11.2 Å². The quantitative estimate of drug-likeness (QED) is 0.581. The molecule has 2 heterocycles. The first-order valence-electron chi connectivity index (χ1n) is 11.7. The maximum atomic E-state index is 13.3. The van der Waals surface area contributed by atoms with Crippen LogP contribution < -0.4 is 4.74 Å². The maximum absolute atomic E-state index is 13.3. The molecule has 33 heavy (non-hydrogen) atoms. The third-order valence-electron chi connectivity index (χ3n) is 6.65. The molecule has 2 fully saturated rings. The molecule has 0 aliphatic carbocycles. The number of hydrogen-bond donors (Lipinski definition) is 0. The molecule has 4 rings (SSSR count). The summed E-state index contributed by atoms with van der Waals surface area (Å²) in [7, 11) is 0. The minimum atomic E-state index is -0.516. The zero-order valence-corrected chi connectivity index (χ0v) is 19.5. The fourth-order valence-electron chi connectivity index (χ4n) is 4.84. The van der Waals surface area contributed by atoms with Gasteiger partial charge in [0.05, 0.1) is 17.2 Å². The highest BCUT2D eigenvalue weighted by Gasteiger charge is 2.41. The average molecular weight is 473 g/mol. The monoisotopic (exact) mass is 472 g/mol. The molecule has 0 spiro atoms. The summed E-state index contributed by atoms with van der Waals surface area (Å²) in [5.74, 6) is 0.212. The van der Waals surface area contributed by atoms with E-state index in [2.05, 4.69) is 0 Å². The van der Waals surface area contributed by atoms with Gasteiger partial charge in [-0.2, -0.15) is 0 Å². The van der Waals surface area contributed by atoms with Crippen molar-refractivity contribution in [1.29, 1.82) is 0 Å². The highest BCUT2D eigenvalue weighted by Crippen LogP contribution is 2.36. The van der Waals surface area contributed by atoms with Crippen LogP contribution in [0.1, 0.15) is 48.9 Å². The van der Waals surface area contributed by atoms with Gasteiger partial charge in [-0.15, -0.1) is 0 Å². The lowest BCUT2D eigenvalue weighted by molar-refractivity contribution is -0.136. The molecule has 2 aliphatic rings. The Morgan fingerprint density at radius 2 is 1.64 bits per heavy atom. The Hall–Kier alpha value is -2.60. The number of halogens is 2. The SMILES string of the molecule is O=C(CC1(COc2ccc(F)cc2)CCCN(C(=O)c2ccccc2Cl)C1)N1CCCCC1. The number of piperidine rings is 2. The van der Waals surface area contributed by atoms with Gasteiger partial charge < -0.3 is 14.5 Å². The number of ether oxygens (including phenoxy) is 1. The molecule has 176 valence electrons. The van der Waals surface area contributed by atoms with Crippen LogP contribution in [0.4, 0.5) is 4.39 Å². The Bertz CT molecular complexity index is 978. The van der Waals surface area contributed by atoms with Crippen LogP contribution in [0.15, 0.2) is 48.5 Å². The van der Waals surface area contributed by atoms with Gasteiger partial charge in [-0.25, -0.2) is 4.39 Å². The van der Waals surface area contributed by atoms with Gasteiger partial charge in [0.15, 0.2) is 0 Å². The molecule has 0 N–H and O–H groups in total. The van der Waals surface area contributed by atoms with Crippen molar-refractivity contribution in [1.82, 2.24) is 9.80 Å². The van der Waals surface area contributed by atoms with Gasteiger partial charge in [-0.05, 0) is 68.5 Å². The topological polar surface area (TPSA) is 49.9 Å². The summed E-state index contributed by atoms with van der Waals surface area (Å²) in [6, 6.07) is 12.9. The molecule has 0 bridgehead atoms. The van der Waals surface area contributed by atoms with Gasteiger partial charge in [0.2, 0.25) is 5.91 Å². The number of benzene rings is 2. The largest absolute Gasteiger partial charge is 0.493 e. The van der Waals surface area contributed by atoms with Gasteiger partial charge in [0.25, 0.3) is 5.91 Å². The van der Waals surface area contributed by atoms with Crippen LogP contribution in [-0.4, -0.2) is 54.4 Å². The molecule has 2 aliphatic heterocycles. The van der Waals surface area contributed by atoms with Crippen LogP contribution in [-0.2, 0) is 4.79 Å². The van der Waals surface area contributed by atoms with E-state index in [0.717, 1.165) is 45.2 Å². The molecule has 2 aromatic carbocycles. The first kappa shape index (κ1) is 23.6. The van der Waals surface area contributed by atoms with E-state index in [9.17, 15) is 14.0 Å². The van der Waals surface area contributed by atoms with Gasteiger partial charge in [0.1, 0.15) is 11.6 Å².